The third-order valence-electron chi connectivity index (χ3n) is 3.49. The summed E-state index contributed by atoms with van der Waals surface area (Å²) in [7, 11) is -2.78. The van der Waals surface area contributed by atoms with Gasteiger partial charge in [-0.05, 0) is 6.42 Å². The lowest BCUT2D eigenvalue weighted by Crippen LogP contribution is -2.16. The lowest BCUT2D eigenvalue weighted by molar-refractivity contribution is -0.134. The highest BCUT2D eigenvalue weighted by molar-refractivity contribution is 7.72. The highest BCUT2D eigenvalue weighted by Crippen LogP contribution is 2.45. The van der Waals surface area contributed by atoms with Gasteiger partial charge in [0.05, 0.1) is 0 Å². The molecule has 0 amide bonds. The summed E-state index contributed by atoms with van der Waals surface area (Å²) in [5, 5.41) is 9.72. The first-order valence-corrected chi connectivity index (χ1v) is 9.51. The Balaban J connectivity index is 2.57. The summed E-state index contributed by atoms with van der Waals surface area (Å²) in [6.45, 7) is 2.18. The average Bonchev–Trinajstić information content (AvgIpc) is 2.43. The van der Waals surface area contributed by atoms with E-state index in [1.165, 1.54) is 19.3 Å². The minimum atomic E-state index is -2.78. The van der Waals surface area contributed by atoms with Crippen LogP contribution >= 0.6 is 7.14 Å². The molecule has 0 aliphatic carbocycles. The number of rotatable bonds is 10. The molecule has 112 valence electrons. The minimum absolute atomic E-state index is 0.230. The predicted octanol–water partition coefficient (Wildman–Crippen LogP) is 4.12. The van der Waals surface area contributed by atoms with Crippen molar-refractivity contribution >= 4 is 18.4 Å². The van der Waals surface area contributed by atoms with Gasteiger partial charge >= 0.3 is 5.97 Å². The minimum Gasteiger partial charge on any atom is -0.481 e. The van der Waals surface area contributed by atoms with Crippen LogP contribution < -0.4 is 5.30 Å². The second-order valence-electron chi connectivity index (χ2n) is 5.27. The van der Waals surface area contributed by atoms with E-state index in [-0.39, 0.29) is 6.16 Å². The van der Waals surface area contributed by atoms with Crippen LogP contribution in [0.4, 0.5) is 0 Å². The zero-order chi connectivity index (χ0) is 14.8. The van der Waals surface area contributed by atoms with Crippen LogP contribution in [0.1, 0.15) is 45.4 Å². The molecular formula is C16H25O3P. The topological polar surface area (TPSA) is 54.4 Å². The first kappa shape index (κ1) is 17.0. The second-order valence-corrected chi connectivity index (χ2v) is 8.33. The SMILES string of the molecule is CCCCCCCC[P@@](=O)(CC(=O)O)c1ccccc1. The number of aliphatic carboxylic acids is 1. The summed E-state index contributed by atoms with van der Waals surface area (Å²) >= 11 is 0. The maximum Gasteiger partial charge on any atom is 0.311 e. The van der Waals surface area contributed by atoms with Crippen LogP contribution in [0.15, 0.2) is 30.3 Å². The van der Waals surface area contributed by atoms with Gasteiger partial charge in [0.25, 0.3) is 0 Å². The molecule has 4 heteroatoms. The molecule has 0 fully saturated rings. The molecule has 1 N–H and O–H groups in total. The standard InChI is InChI=1S/C16H25O3P/c1-2-3-4-5-6-10-13-20(19,14-16(17)18)15-11-8-7-9-12-15/h7-9,11-12H,2-6,10,13-14H2,1H3,(H,17,18)/t20-/m1/s1. The van der Waals surface area contributed by atoms with E-state index in [0.29, 0.717) is 11.5 Å². The van der Waals surface area contributed by atoms with E-state index in [0.717, 1.165) is 19.3 Å². The number of carboxylic acid groups (broad SMARTS) is 1. The maximum absolute atomic E-state index is 12.9. The lowest BCUT2D eigenvalue weighted by Gasteiger charge is -2.16. The molecule has 0 aliphatic heterocycles. The van der Waals surface area contributed by atoms with Crippen LogP contribution in [0.3, 0.4) is 0 Å². The number of hydrogen-bond donors (Lipinski definition) is 1. The van der Waals surface area contributed by atoms with Crippen molar-refractivity contribution in [3.63, 3.8) is 0 Å². The van der Waals surface area contributed by atoms with Crippen molar-refractivity contribution in [1.82, 2.24) is 0 Å². The Hall–Kier alpha value is -1.08. The van der Waals surface area contributed by atoms with Gasteiger partial charge in [-0.15, -0.1) is 0 Å². The zero-order valence-corrected chi connectivity index (χ0v) is 13.1. The Morgan fingerprint density at radius 1 is 1.05 bits per heavy atom. The molecule has 1 aromatic rings. The van der Waals surface area contributed by atoms with Crippen molar-refractivity contribution in [2.24, 2.45) is 0 Å². The molecule has 0 saturated heterocycles. The molecule has 20 heavy (non-hydrogen) atoms. The van der Waals surface area contributed by atoms with E-state index < -0.39 is 13.1 Å². The van der Waals surface area contributed by atoms with Gasteiger partial charge in [0.2, 0.25) is 0 Å². The van der Waals surface area contributed by atoms with E-state index in [1.807, 2.05) is 18.2 Å². The largest absolute Gasteiger partial charge is 0.481 e. The summed E-state index contributed by atoms with van der Waals surface area (Å²) in [4.78, 5) is 11.0. The van der Waals surface area contributed by atoms with E-state index in [9.17, 15) is 9.36 Å². The fraction of sp³-hybridized carbons (Fsp3) is 0.562. The number of benzene rings is 1. The van der Waals surface area contributed by atoms with Gasteiger partial charge in [0.15, 0.2) is 0 Å². The van der Waals surface area contributed by atoms with Crippen molar-refractivity contribution in [3.05, 3.63) is 30.3 Å². The molecule has 0 aliphatic rings. The van der Waals surface area contributed by atoms with Gasteiger partial charge in [-0.1, -0.05) is 69.4 Å². The number of carbonyl (C=O) groups is 1. The smallest absolute Gasteiger partial charge is 0.311 e. The number of hydrogen-bond acceptors (Lipinski definition) is 2. The molecule has 0 saturated carbocycles. The fourth-order valence-electron chi connectivity index (χ4n) is 2.37. The summed E-state index contributed by atoms with van der Waals surface area (Å²) in [5.41, 5.74) is 0. The first-order chi connectivity index (χ1) is 9.58. The molecule has 0 spiro atoms. The third-order valence-corrected chi connectivity index (χ3v) is 6.55. The van der Waals surface area contributed by atoms with Crippen molar-refractivity contribution in [2.45, 2.75) is 45.4 Å². The third kappa shape index (κ3) is 5.92. The molecular weight excluding hydrogens is 271 g/mol. The van der Waals surface area contributed by atoms with Gasteiger partial charge < -0.3 is 9.67 Å². The Morgan fingerprint density at radius 3 is 2.25 bits per heavy atom. The van der Waals surface area contributed by atoms with Crippen LogP contribution in [0.5, 0.6) is 0 Å². The molecule has 1 atom stereocenters. The Bertz CT molecular complexity index is 442. The van der Waals surface area contributed by atoms with Crippen molar-refractivity contribution in [1.29, 1.82) is 0 Å². The second kappa shape index (κ2) is 8.97. The lowest BCUT2D eigenvalue weighted by atomic mass is 10.1. The van der Waals surface area contributed by atoms with Crippen LogP contribution in [-0.4, -0.2) is 23.4 Å². The van der Waals surface area contributed by atoms with Gasteiger partial charge in [-0.25, -0.2) is 0 Å². The molecule has 1 aromatic carbocycles. The quantitative estimate of drug-likeness (QED) is 0.522. The summed E-state index contributed by atoms with van der Waals surface area (Å²) < 4.78 is 12.9. The predicted molar refractivity (Wildman–Crippen MR) is 84.4 cm³/mol. The van der Waals surface area contributed by atoms with Gasteiger partial charge in [0.1, 0.15) is 13.3 Å². The van der Waals surface area contributed by atoms with E-state index in [1.54, 1.807) is 12.1 Å². The Morgan fingerprint density at radius 2 is 1.65 bits per heavy atom. The molecule has 0 bridgehead atoms. The Kier molecular flexibility index (Phi) is 7.61. The van der Waals surface area contributed by atoms with Crippen LogP contribution in [0, 0.1) is 0 Å². The highest BCUT2D eigenvalue weighted by atomic mass is 31.2. The van der Waals surface area contributed by atoms with E-state index in [4.69, 9.17) is 5.11 Å². The van der Waals surface area contributed by atoms with Crippen LogP contribution in [0.25, 0.3) is 0 Å². The zero-order valence-electron chi connectivity index (χ0n) is 12.3. The van der Waals surface area contributed by atoms with Crippen LogP contribution in [0.2, 0.25) is 0 Å². The normalized spacial score (nSPS) is 13.8. The van der Waals surface area contributed by atoms with E-state index in [2.05, 4.69) is 6.92 Å². The monoisotopic (exact) mass is 296 g/mol. The molecule has 0 heterocycles. The molecule has 0 radical (unpaired) electrons. The average molecular weight is 296 g/mol. The molecule has 1 rings (SSSR count). The van der Waals surface area contributed by atoms with Crippen LogP contribution in [-0.2, 0) is 9.36 Å². The first-order valence-electron chi connectivity index (χ1n) is 7.44. The number of carboxylic acids is 1. The molecule has 0 unspecified atom stereocenters. The number of unbranched alkanes of at least 4 members (excludes halogenated alkanes) is 5. The molecule has 0 aromatic heterocycles. The highest BCUT2D eigenvalue weighted by Gasteiger charge is 2.27. The van der Waals surface area contributed by atoms with Crippen molar-refractivity contribution in [3.8, 4) is 0 Å². The van der Waals surface area contributed by atoms with Gasteiger partial charge in [-0.3, -0.25) is 4.79 Å². The van der Waals surface area contributed by atoms with Crippen molar-refractivity contribution in [2.75, 3.05) is 12.3 Å². The maximum atomic E-state index is 12.9. The van der Waals surface area contributed by atoms with Gasteiger partial charge in [-0.2, -0.15) is 0 Å². The summed E-state index contributed by atoms with van der Waals surface area (Å²) in [6.07, 6.45) is 6.98. The summed E-state index contributed by atoms with van der Waals surface area (Å²) in [6, 6.07) is 9.09. The van der Waals surface area contributed by atoms with E-state index >= 15 is 0 Å². The molecule has 3 nitrogen and oxygen atoms in total. The summed E-state index contributed by atoms with van der Waals surface area (Å²) in [5.74, 6) is -0.969. The fourth-order valence-corrected chi connectivity index (χ4v) is 4.85. The Labute approximate surface area is 121 Å². The van der Waals surface area contributed by atoms with Gasteiger partial charge in [0, 0.05) is 11.5 Å². The van der Waals surface area contributed by atoms with Crippen molar-refractivity contribution < 1.29 is 14.5 Å².